The van der Waals surface area contributed by atoms with Gasteiger partial charge in [0.25, 0.3) is 5.91 Å². The highest BCUT2D eigenvalue weighted by Gasteiger charge is 2.58. The maximum atomic E-state index is 13.0. The number of urea groups is 1. The van der Waals surface area contributed by atoms with Crippen molar-refractivity contribution in [2.75, 3.05) is 43.0 Å². The van der Waals surface area contributed by atoms with Gasteiger partial charge in [0.05, 0.1) is 0 Å². The quantitative estimate of drug-likeness (QED) is 0.599. The predicted octanol–water partition coefficient (Wildman–Crippen LogP) is 3.66. The third-order valence-corrected chi connectivity index (χ3v) is 7.28. The van der Waals surface area contributed by atoms with Crippen molar-refractivity contribution in [1.29, 1.82) is 0 Å². The molecular formula is C27H30N4O4. The molecule has 8 heteroatoms. The number of carbonyl (C=O) groups excluding carboxylic acids is 3. The summed E-state index contributed by atoms with van der Waals surface area (Å²) in [4.78, 5) is 41.5. The third-order valence-electron chi connectivity index (χ3n) is 7.28. The lowest BCUT2D eigenvalue weighted by atomic mass is 9.90. The van der Waals surface area contributed by atoms with Gasteiger partial charge in [-0.1, -0.05) is 24.8 Å². The minimum atomic E-state index is -0.119. The summed E-state index contributed by atoms with van der Waals surface area (Å²) in [7, 11) is 0. The second-order valence-corrected chi connectivity index (χ2v) is 9.46. The molecule has 3 aliphatic rings. The van der Waals surface area contributed by atoms with Crippen LogP contribution in [-0.2, 0) is 4.79 Å². The Kier molecular flexibility index (Phi) is 6.19. The van der Waals surface area contributed by atoms with Gasteiger partial charge in [-0.2, -0.15) is 0 Å². The largest absolute Gasteiger partial charge is 0.490 e. The molecule has 1 unspecified atom stereocenters. The lowest BCUT2D eigenvalue weighted by Crippen LogP contribution is -2.40. The van der Waals surface area contributed by atoms with E-state index in [0.717, 1.165) is 24.9 Å². The number of hydrogen-bond donors (Lipinski definition) is 2. The number of rotatable bonds is 7. The number of carbonyl (C=O) groups is 3. The first-order valence-electron chi connectivity index (χ1n) is 12.1. The van der Waals surface area contributed by atoms with Gasteiger partial charge < -0.3 is 20.3 Å². The summed E-state index contributed by atoms with van der Waals surface area (Å²) in [5.41, 5.74) is 2.05. The second-order valence-electron chi connectivity index (χ2n) is 9.46. The van der Waals surface area contributed by atoms with Crippen molar-refractivity contribution in [2.45, 2.75) is 19.3 Å². The SMILES string of the molecule is C=CCOc1cccc(C(=O)N2CCC3(CC2)CC3C(=O)Nc2cccc(N3CCNC3=O)c2)c1. The topological polar surface area (TPSA) is 91.0 Å². The highest BCUT2D eigenvalue weighted by molar-refractivity contribution is 5.98. The zero-order valence-electron chi connectivity index (χ0n) is 19.7. The fraction of sp³-hybridized carbons (Fsp3) is 0.370. The Balaban J connectivity index is 1.16. The molecule has 1 saturated carbocycles. The van der Waals surface area contributed by atoms with Crippen molar-refractivity contribution in [3.8, 4) is 5.75 Å². The van der Waals surface area contributed by atoms with Crippen molar-refractivity contribution in [2.24, 2.45) is 11.3 Å². The molecule has 2 aliphatic heterocycles. The Labute approximate surface area is 204 Å². The van der Waals surface area contributed by atoms with E-state index in [1.54, 1.807) is 23.1 Å². The lowest BCUT2D eigenvalue weighted by Gasteiger charge is -2.33. The molecule has 4 amide bonds. The van der Waals surface area contributed by atoms with E-state index in [9.17, 15) is 14.4 Å². The Bertz CT molecular complexity index is 1160. The van der Waals surface area contributed by atoms with Crippen LogP contribution in [0.15, 0.2) is 61.2 Å². The minimum absolute atomic E-state index is 0.00619. The van der Waals surface area contributed by atoms with E-state index in [-0.39, 0.29) is 29.2 Å². The number of nitrogens with zero attached hydrogens (tertiary/aromatic N) is 2. The van der Waals surface area contributed by atoms with Gasteiger partial charge in [-0.15, -0.1) is 0 Å². The van der Waals surface area contributed by atoms with E-state index in [1.165, 1.54) is 0 Å². The number of hydrogen-bond acceptors (Lipinski definition) is 4. The van der Waals surface area contributed by atoms with Crippen LogP contribution in [0.1, 0.15) is 29.6 Å². The Morgan fingerprint density at radius 1 is 1.14 bits per heavy atom. The maximum absolute atomic E-state index is 13.0. The fourth-order valence-corrected chi connectivity index (χ4v) is 5.18. The molecule has 0 bridgehead atoms. The molecule has 5 rings (SSSR count). The molecule has 35 heavy (non-hydrogen) atoms. The normalized spacial score (nSPS) is 20.3. The van der Waals surface area contributed by atoms with Crippen LogP contribution in [0.25, 0.3) is 0 Å². The summed E-state index contributed by atoms with van der Waals surface area (Å²) in [5.74, 6) is 0.611. The molecule has 1 aliphatic carbocycles. The zero-order chi connectivity index (χ0) is 24.4. The maximum Gasteiger partial charge on any atom is 0.321 e. The fourth-order valence-electron chi connectivity index (χ4n) is 5.18. The number of nitrogens with one attached hydrogen (secondary N) is 2. The van der Waals surface area contributed by atoms with Gasteiger partial charge in [-0.3, -0.25) is 14.5 Å². The molecule has 182 valence electrons. The molecule has 2 aromatic rings. The highest BCUT2D eigenvalue weighted by atomic mass is 16.5. The summed E-state index contributed by atoms with van der Waals surface area (Å²) in [6.07, 6.45) is 4.15. The number of ether oxygens (including phenoxy) is 1. The van der Waals surface area contributed by atoms with Crippen LogP contribution in [0.2, 0.25) is 0 Å². The third kappa shape index (κ3) is 4.73. The van der Waals surface area contributed by atoms with E-state index in [0.29, 0.717) is 49.8 Å². The average Bonchev–Trinajstić information content (AvgIpc) is 3.40. The molecule has 1 atom stereocenters. The summed E-state index contributed by atoms with van der Waals surface area (Å²) >= 11 is 0. The van der Waals surface area contributed by atoms with Crippen LogP contribution in [0.4, 0.5) is 16.2 Å². The molecule has 1 spiro atoms. The van der Waals surface area contributed by atoms with Crippen LogP contribution >= 0.6 is 0 Å². The second kappa shape index (κ2) is 9.44. The Hall–Kier alpha value is -3.81. The molecule has 2 N–H and O–H groups in total. The van der Waals surface area contributed by atoms with Gasteiger partial charge in [-0.25, -0.2) is 4.79 Å². The standard InChI is InChI=1S/C27H30N4O4/c1-2-15-35-22-8-3-5-19(16-22)25(33)30-12-9-27(10-13-30)18-23(27)24(32)29-20-6-4-7-21(17-20)31-14-11-28-26(31)34/h2-8,16-17,23H,1,9-15,18H2,(H,28,34)(H,29,32). The molecule has 0 aromatic heterocycles. The van der Waals surface area contributed by atoms with Crippen LogP contribution in [0.3, 0.4) is 0 Å². The van der Waals surface area contributed by atoms with E-state index >= 15 is 0 Å². The summed E-state index contributed by atoms with van der Waals surface area (Å²) < 4.78 is 5.55. The predicted molar refractivity (Wildman–Crippen MR) is 134 cm³/mol. The first-order chi connectivity index (χ1) is 17.0. The van der Waals surface area contributed by atoms with Gasteiger partial charge in [0.15, 0.2) is 0 Å². The van der Waals surface area contributed by atoms with Gasteiger partial charge >= 0.3 is 6.03 Å². The number of likely N-dealkylation sites (tertiary alicyclic amines) is 1. The average molecular weight is 475 g/mol. The Morgan fingerprint density at radius 2 is 1.94 bits per heavy atom. The number of anilines is 2. The number of benzene rings is 2. The van der Waals surface area contributed by atoms with Crippen molar-refractivity contribution < 1.29 is 19.1 Å². The zero-order valence-corrected chi connectivity index (χ0v) is 19.7. The van der Waals surface area contributed by atoms with Crippen molar-refractivity contribution in [1.82, 2.24) is 10.2 Å². The first kappa shape index (κ1) is 23.0. The monoisotopic (exact) mass is 474 g/mol. The summed E-state index contributed by atoms with van der Waals surface area (Å²) in [6.45, 7) is 6.55. The van der Waals surface area contributed by atoms with E-state index < -0.39 is 0 Å². The van der Waals surface area contributed by atoms with Crippen LogP contribution in [0.5, 0.6) is 5.75 Å². The summed E-state index contributed by atoms with van der Waals surface area (Å²) in [5, 5.41) is 5.83. The van der Waals surface area contributed by atoms with E-state index in [1.807, 2.05) is 41.3 Å². The Morgan fingerprint density at radius 3 is 2.69 bits per heavy atom. The molecule has 3 fully saturated rings. The molecule has 2 heterocycles. The number of piperidine rings is 1. The van der Waals surface area contributed by atoms with E-state index in [4.69, 9.17) is 4.74 Å². The number of amides is 4. The van der Waals surface area contributed by atoms with Gasteiger partial charge in [-0.05, 0) is 61.1 Å². The first-order valence-corrected chi connectivity index (χ1v) is 12.1. The van der Waals surface area contributed by atoms with Crippen molar-refractivity contribution in [3.05, 3.63) is 66.7 Å². The van der Waals surface area contributed by atoms with E-state index in [2.05, 4.69) is 17.2 Å². The highest BCUT2D eigenvalue weighted by Crippen LogP contribution is 2.59. The van der Waals surface area contributed by atoms with Gasteiger partial charge in [0.2, 0.25) is 5.91 Å². The molecule has 8 nitrogen and oxygen atoms in total. The van der Waals surface area contributed by atoms with Crippen LogP contribution < -0.4 is 20.3 Å². The molecule has 2 saturated heterocycles. The van der Waals surface area contributed by atoms with Crippen molar-refractivity contribution in [3.63, 3.8) is 0 Å². The van der Waals surface area contributed by atoms with Gasteiger partial charge in [0.1, 0.15) is 12.4 Å². The van der Waals surface area contributed by atoms with Crippen molar-refractivity contribution >= 4 is 29.2 Å². The van der Waals surface area contributed by atoms with Crippen LogP contribution in [-0.4, -0.2) is 55.5 Å². The lowest BCUT2D eigenvalue weighted by molar-refractivity contribution is -0.118. The molecule has 0 radical (unpaired) electrons. The van der Waals surface area contributed by atoms with Crippen LogP contribution in [0, 0.1) is 11.3 Å². The summed E-state index contributed by atoms with van der Waals surface area (Å²) in [6, 6.07) is 14.5. The molecular weight excluding hydrogens is 444 g/mol. The minimum Gasteiger partial charge on any atom is -0.490 e. The van der Waals surface area contributed by atoms with Gasteiger partial charge in [0, 0.05) is 49.0 Å². The smallest absolute Gasteiger partial charge is 0.321 e. The molecule has 2 aromatic carbocycles.